The lowest BCUT2D eigenvalue weighted by atomic mass is 9.87. The summed E-state index contributed by atoms with van der Waals surface area (Å²) in [5.41, 5.74) is 3.98. The molecule has 1 heterocycles. The molecule has 1 unspecified atom stereocenters. The number of ether oxygens (including phenoxy) is 2. The maximum Gasteiger partial charge on any atom is 0.333 e. The van der Waals surface area contributed by atoms with Crippen LogP contribution in [-0.2, 0) is 26.3 Å². The van der Waals surface area contributed by atoms with E-state index in [2.05, 4.69) is 45.0 Å². The van der Waals surface area contributed by atoms with Gasteiger partial charge < -0.3 is 9.47 Å². The summed E-state index contributed by atoms with van der Waals surface area (Å²) in [6.45, 7) is 9.00. The molecule has 1 atom stereocenters. The molecule has 7 heteroatoms. The molecule has 0 bridgehead atoms. The van der Waals surface area contributed by atoms with Gasteiger partial charge in [-0.15, -0.1) is 0 Å². The second-order valence-corrected chi connectivity index (χ2v) is 11.6. The van der Waals surface area contributed by atoms with Gasteiger partial charge in [0.05, 0.1) is 11.5 Å². The topological polar surface area (TPSA) is 55.8 Å². The van der Waals surface area contributed by atoms with Gasteiger partial charge in [-0.25, -0.2) is 4.79 Å². The predicted molar refractivity (Wildman–Crippen MR) is 157 cm³/mol. The van der Waals surface area contributed by atoms with Gasteiger partial charge in [-0.05, 0) is 52.8 Å². The Balaban J connectivity index is 1.45. The van der Waals surface area contributed by atoms with E-state index in [-0.39, 0.29) is 17.9 Å². The Labute approximate surface area is 233 Å². The van der Waals surface area contributed by atoms with E-state index in [1.165, 1.54) is 22.2 Å². The van der Waals surface area contributed by atoms with Gasteiger partial charge >= 0.3 is 5.97 Å². The minimum absolute atomic E-state index is 0.116. The minimum Gasteiger partial charge on any atom is -0.489 e. The van der Waals surface area contributed by atoms with Crippen molar-refractivity contribution in [3.63, 3.8) is 0 Å². The molecule has 196 valence electrons. The third-order valence-electron chi connectivity index (χ3n) is 6.11. The lowest BCUT2D eigenvalue weighted by Gasteiger charge is -2.25. The Morgan fingerprint density at radius 3 is 2.26 bits per heavy atom. The monoisotopic (exact) mass is 545 g/mol. The Hall–Kier alpha value is -3.42. The number of hydrogen-bond donors (Lipinski definition) is 0. The van der Waals surface area contributed by atoms with Gasteiger partial charge in [-0.3, -0.25) is 9.69 Å². The number of rotatable bonds is 8. The maximum atomic E-state index is 13.4. The van der Waals surface area contributed by atoms with Gasteiger partial charge in [0.15, 0.2) is 6.04 Å². The van der Waals surface area contributed by atoms with Gasteiger partial charge in [0.2, 0.25) is 0 Å². The molecule has 1 amide bonds. The van der Waals surface area contributed by atoms with Gasteiger partial charge in [-0.2, -0.15) is 0 Å². The van der Waals surface area contributed by atoms with E-state index in [4.69, 9.17) is 21.7 Å². The van der Waals surface area contributed by atoms with Crippen molar-refractivity contribution in [2.24, 2.45) is 0 Å². The zero-order valence-electron chi connectivity index (χ0n) is 22.0. The highest BCUT2D eigenvalue weighted by Crippen LogP contribution is 2.39. The molecule has 0 aromatic heterocycles. The molecule has 1 aliphatic rings. The van der Waals surface area contributed by atoms with Crippen LogP contribution in [0.25, 0.3) is 6.08 Å². The second kappa shape index (κ2) is 12.0. The van der Waals surface area contributed by atoms with Crippen LogP contribution in [0.4, 0.5) is 0 Å². The first kappa shape index (κ1) is 27.6. The van der Waals surface area contributed by atoms with Crippen molar-refractivity contribution in [3.05, 3.63) is 106 Å². The Kier molecular flexibility index (Phi) is 8.69. The normalized spacial score (nSPS) is 15.6. The zero-order chi connectivity index (χ0) is 27.3. The average Bonchev–Trinajstić information content (AvgIpc) is 3.17. The fourth-order valence-corrected chi connectivity index (χ4v) is 5.34. The summed E-state index contributed by atoms with van der Waals surface area (Å²) in [7, 11) is 0. The highest BCUT2D eigenvalue weighted by atomic mass is 32.2. The number of carbonyl (C=O) groups is 2. The molecule has 1 aliphatic heterocycles. The number of benzene rings is 3. The number of hydrogen-bond acceptors (Lipinski definition) is 6. The van der Waals surface area contributed by atoms with E-state index in [0.717, 1.165) is 16.9 Å². The summed E-state index contributed by atoms with van der Waals surface area (Å²) < 4.78 is 11.5. The summed E-state index contributed by atoms with van der Waals surface area (Å²) in [6, 6.07) is 24.2. The van der Waals surface area contributed by atoms with Crippen molar-refractivity contribution in [1.82, 2.24) is 4.90 Å². The van der Waals surface area contributed by atoms with Crippen LogP contribution in [0.3, 0.4) is 0 Å². The van der Waals surface area contributed by atoms with Crippen molar-refractivity contribution in [2.75, 3.05) is 6.61 Å². The third kappa shape index (κ3) is 6.52. The molecule has 0 aliphatic carbocycles. The van der Waals surface area contributed by atoms with E-state index < -0.39 is 12.0 Å². The molecule has 0 radical (unpaired) electrons. The van der Waals surface area contributed by atoms with Crippen molar-refractivity contribution in [1.29, 1.82) is 0 Å². The Morgan fingerprint density at radius 1 is 1.00 bits per heavy atom. The number of thioether (sulfide) groups is 1. The second-order valence-electron chi connectivity index (χ2n) is 9.92. The standard InChI is InChI=1S/C31H31NO4S2/c1-5-35-29(34)27(23-9-7-6-8-10-23)32-28(33)26(38-30(32)37)19-21-13-17-25(18-14-21)36-20-22-11-15-24(16-12-22)31(2,3)4/h6-19,27H,5,20H2,1-4H3/b26-19+. The Morgan fingerprint density at radius 2 is 1.66 bits per heavy atom. The number of nitrogens with zero attached hydrogens (tertiary/aromatic N) is 1. The molecular weight excluding hydrogens is 514 g/mol. The quantitative estimate of drug-likeness (QED) is 0.171. The molecule has 0 spiro atoms. The maximum absolute atomic E-state index is 13.4. The Bertz CT molecular complexity index is 1330. The van der Waals surface area contributed by atoms with Crippen LogP contribution in [0.1, 0.15) is 56.0 Å². The smallest absolute Gasteiger partial charge is 0.333 e. The van der Waals surface area contributed by atoms with Crippen molar-refractivity contribution >= 4 is 46.3 Å². The fourth-order valence-electron chi connectivity index (χ4n) is 4.03. The fraction of sp³-hybridized carbons (Fsp3) is 0.258. The molecular formula is C31H31NO4S2. The van der Waals surface area contributed by atoms with Gasteiger partial charge in [0.25, 0.3) is 5.91 Å². The van der Waals surface area contributed by atoms with Crippen LogP contribution >= 0.6 is 24.0 Å². The highest BCUT2D eigenvalue weighted by Gasteiger charge is 2.42. The van der Waals surface area contributed by atoms with Gasteiger partial charge in [0.1, 0.15) is 16.7 Å². The van der Waals surface area contributed by atoms with Crippen LogP contribution in [0.2, 0.25) is 0 Å². The third-order valence-corrected chi connectivity index (χ3v) is 7.44. The molecule has 5 nitrogen and oxygen atoms in total. The lowest BCUT2D eigenvalue weighted by Crippen LogP contribution is -2.38. The number of esters is 1. The highest BCUT2D eigenvalue weighted by molar-refractivity contribution is 8.26. The zero-order valence-corrected chi connectivity index (χ0v) is 23.6. The SMILES string of the molecule is CCOC(=O)C(c1ccccc1)N1C(=O)/C(=C\c2ccc(OCc3ccc(C(C)(C)C)cc3)cc2)SC1=S. The summed E-state index contributed by atoms with van der Waals surface area (Å²) >= 11 is 6.70. The molecule has 4 rings (SSSR count). The summed E-state index contributed by atoms with van der Waals surface area (Å²) in [5, 5.41) is 0. The number of carbonyl (C=O) groups excluding carboxylic acids is 2. The number of thiocarbonyl (C=S) groups is 1. The molecule has 38 heavy (non-hydrogen) atoms. The van der Waals surface area contributed by atoms with Crippen LogP contribution in [0, 0.1) is 0 Å². The first-order chi connectivity index (χ1) is 18.2. The number of amides is 1. The molecule has 1 saturated heterocycles. The van der Waals surface area contributed by atoms with Crippen LogP contribution in [-0.4, -0.2) is 27.7 Å². The van der Waals surface area contributed by atoms with Crippen molar-refractivity contribution in [2.45, 2.75) is 45.8 Å². The first-order valence-corrected chi connectivity index (χ1v) is 13.7. The molecule has 3 aromatic rings. The van der Waals surface area contributed by atoms with Crippen molar-refractivity contribution < 1.29 is 19.1 Å². The average molecular weight is 546 g/mol. The summed E-state index contributed by atoms with van der Waals surface area (Å²) in [4.78, 5) is 28.0. The molecule has 1 fully saturated rings. The van der Waals surface area contributed by atoms with E-state index >= 15 is 0 Å². The van der Waals surface area contributed by atoms with E-state index in [1.54, 1.807) is 25.1 Å². The first-order valence-electron chi connectivity index (χ1n) is 12.5. The van der Waals surface area contributed by atoms with E-state index in [1.807, 2.05) is 42.5 Å². The van der Waals surface area contributed by atoms with Gasteiger partial charge in [-0.1, -0.05) is 111 Å². The molecule has 3 aromatic carbocycles. The molecule has 0 saturated carbocycles. The summed E-state index contributed by atoms with van der Waals surface area (Å²) in [5.74, 6) is -0.0900. The van der Waals surface area contributed by atoms with Crippen LogP contribution in [0.5, 0.6) is 5.75 Å². The largest absolute Gasteiger partial charge is 0.489 e. The molecule has 0 N–H and O–H groups in total. The van der Waals surface area contributed by atoms with Crippen LogP contribution < -0.4 is 4.74 Å². The van der Waals surface area contributed by atoms with Crippen LogP contribution in [0.15, 0.2) is 83.8 Å². The van der Waals surface area contributed by atoms with E-state index in [9.17, 15) is 9.59 Å². The lowest BCUT2D eigenvalue weighted by molar-refractivity contribution is -0.151. The minimum atomic E-state index is -0.928. The van der Waals surface area contributed by atoms with Gasteiger partial charge in [0, 0.05) is 0 Å². The predicted octanol–water partition coefficient (Wildman–Crippen LogP) is 7.07. The summed E-state index contributed by atoms with van der Waals surface area (Å²) in [6.07, 6.45) is 1.78. The van der Waals surface area contributed by atoms with Crippen molar-refractivity contribution in [3.8, 4) is 5.75 Å². The van der Waals surface area contributed by atoms with E-state index in [0.29, 0.717) is 21.4 Å².